The minimum absolute atomic E-state index is 0.389. The summed E-state index contributed by atoms with van der Waals surface area (Å²) >= 11 is 1.23. The number of imide groups is 1. The van der Waals surface area contributed by atoms with Gasteiger partial charge in [-0.1, -0.05) is 60.7 Å². The van der Waals surface area contributed by atoms with E-state index in [1.807, 2.05) is 36.4 Å². The highest BCUT2D eigenvalue weighted by atomic mass is 32.1. The summed E-state index contributed by atoms with van der Waals surface area (Å²) in [5.74, 6) is -1.36. The molecule has 7 heteroatoms. The van der Waals surface area contributed by atoms with E-state index in [2.05, 4.69) is 10.6 Å². The van der Waals surface area contributed by atoms with E-state index in [-0.39, 0.29) is 0 Å². The average Bonchev–Trinajstić information content (AvgIpc) is 3.23. The molecular formula is C21H18N2O4S. The maximum absolute atomic E-state index is 12.9. The first kappa shape index (κ1) is 19.3. The molecule has 0 aliphatic heterocycles. The quantitative estimate of drug-likeness (QED) is 0.645. The zero-order valence-electron chi connectivity index (χ0n) is 15.0. The highest BCUT2D eigenvalue weighted by molar-refractivity contribution is 7.12. The van der Waals surface area contributed by atoms with Crippen LogP contribution in [-0.2, 0) is 9.53 Å². The zero-order chi connectivity index (χ0) is 19.9. The van der Waals surface area contributed by atoms with Crippen molar-refractivity contribution in [3.8, 4) is 11.1 Å². The molecule has 0 bridgehead atoms. The normalized spacial score (nSPS) is 11.3. The molecule has 3 rings (SSSR count). The van der Waals surface area contributed by atoms with E-state index in [4.69, 9.17) is 4.74 Å². The number of amides is 3. The van der Waals surface area contributed by atoms with Crippen molar-refractivity contribution in [3.05, 3.63) is 82.6 Å². The van der Waals surface area contributed by atoms with Gasteiger partial charge in [0.25, 0.3) is 5.91 Å². The van der Waals surface area contributed by atoms with Gasteiger partial charge in [0.05, 0.1) is 0 Å². The Morgan fingerprint density at radius 3 is 2.21 bits per heavy atom. The Morgan fingerprint density at radius 2 is 1.57 bits per heavy atom. The molecular weight excluding hydrogens is 376 g/mol. The van der Waals surface area contributed by atoms with Crippen LogP contribution in [0.25, 0.3) is 11.1 Å². The maximum Gasteiger partial charge on any atom is 0.350 e. The van der Waals surface area contributed by atoms with Crippen molar-refractivity contribution >= 4 is 29.2 Å². The fourth-order valence-corrected chi connectivity index (χ4v) is 3.41. The highest BCUT2D eigenvalue weighted by Crippen LogP contribution is 2.30. The Bertz CT molecular complexity index is 970. The van der Waals surface area contributed by atoms with E-state index in [0.717, 1.165) is 11.1 Å². The van der Waals surface area contributed by atoms with Gasteiger partial charge < -0.3 is 10.1 Å². The lowest BCUT2D eigenvalue weighted by Gasteiger charge is -2.17. The monoisotopic (exact) mass is 394 g/mol. The predicted octanol–water partition coefficient (Wildman–Crippen LogP) is 3.77. The number of hydrogen-bond acceptors (Lipinski definition) is 5. The van der Waals surface area contributed by atoms with Crippen molar-refractivity contribution in [3.63, 3.8) is 0 Å². The van der Waals surface area contributed by atoms with Crippen molar-refractivity contribution < 1.29 is 19.1 Å². The molecule has 0 fully saturated rings. The number of benzene rings is 2. The number of ether oxygens (including phenoxy) is 1. The molecule has 2 N–H and O–H groups in total. The second-order valence-electron chi connectivity index (χ2n) is 5.79. The van der Waals surface area contributed by atoms with Crippen LogP contribution >= 0.6 is 11.3 Å². The molecule has 0 unspecified atom stereocenters. The number of nitrogens with one attached hydrogen (secondary N) is 2. The lowest BCUT2D eigenvalue weighted by atomic mass is 10.1. The summed E-state index contributed by atoms with van der Waals surface area (Å²) in [5, 5.41) is 6.26. The van der Waals surface area contributed by atoms with E-state index < -0.39 is 24.0 Å². The van der Waals surface area contributed by atoms with Crippen molar-refractivity contribution in [2.24, 2.45) is 0 Å². The summed E-state index contributed by atoms with van der Waals surface area (Å²) in [6, 6.07) is 19.2. The van der Waals surface area contributed by atoms with Crippen molar-refractivity contribution in [1.29, 1.82) is 0 Å². The lowest BCUT2D eigenvalue weighted by molar-refractivity contribution is -0.129. The second-order valence-corrected chi connectivity index (χ2v) is 6.71. The lowest BCUT2D eigenvalue weighted by Crippen LogP contribution is -2.41. The van der Waals surface area contributed by atoms with Gasteiger partial charge >= 0.3 is 12.0 Å². The number of hydrogen-bond donors (Lipinski definition) is 2. The Kier molecular flexibility index (Phi) is 6.18. The Hall–Kier alpha value is -3.45. The summed E-state index contributed by atoms with van der Waals surface area (Å²) in [5.41, 5.74) is 2.07. The molecule has 1 aromatic heterocycles. The van der Waals surface area contributed by atoms with Crippen LogP contribution in [0.3, 0.4) is 0 Å². The first-order valence-corrected chi connectivity index (χ1v) is 9.39. The molecule has 0 saturated heterocycles. The number of esters is 1. The van der Waals surface area contributed by atoms with Gasteiger partial charge in [-0.3, -0.25) is 10.1 Å². The molecule has 0 aliphatic rings. The average molecular weight is 394 g/mol. The summed E-state index contributed by atoms with van der Waals surface area (Å²) in [4.78, 5) is 37.3. The van der Waals surface area contributed by atoms with Gasteiger partial charge in [-0.05, 0) is 17.0 Å². The predicted molar refractivity (Wildman–Crippen MR) is 107 cm³/mol. The van der Waals surface area contributed by atoms with Crippen LogP contribution in [0, 0.1) is 0 Å². The van der Waals surface area contributed by atoms with Crippen LogP contribution in [0.1, 0.15) is 21.3 Å². The van der Waals surface area contributed by atoms with Gasteiger partial charge in [-0.15, -0.1) is 11.3 Å². The molecule has 142 valence electrons. The number of carbonyl (C=O) groups is 3. The molecule has 2 aromatic carbocycles. The van der Waals surface area contributed by atoms with Crippen LogP contribution < -0.4 is 10.6 Å². The van der Waals surface area contributed by atoms with Crippen LogP contribution in [0.2, 0.25) is 0 Å². The van der Waals surface area contributed by atoms with Gasteiger partial charge in [0.1, 0.15) is 4.88 Å². The third kappa shape index (κ3) is 4.44. The van der Waals surface area contributed by atoms with E-state index in [0.29, 0.717) is 10.4 Å². The number of carbonyl (C=O) groups excluding carboxylic acids is 3. The van der Waals surface area contributed by atoms with E-state index in [1.165, 1.54) is 18.4 Å². The molecule has 3 amide bonds. The molecule has 0 saturated carbocycles. The van der Waals surface area contributed by atoms with Crippen molar-refractivity contribution in [2.75, 3.05) is 7.05 Å². The van der Waals surface area contributed by atoms with E-state index >= 15 is 0 Å². The molecule has 6 nitrogen and oxygen atoms in total. The topological polar surface area (TPSA) is 84.5 Å². The number of urea groups is 1. The van der Waals surface area contributed by atoms with E-state index in [9.17, 15) is 14.4 Å². The van der Waals surface area contributed by atoms with Crippen LogP contribution in [0.4, 0.5) is 4.79 Å². The molecule has 0 aliphatic carbocycles. The summed E-state index contributed by atoms with van der Waals surface area (Å²) in [6.45, 7) is 0. The number of rotatable bonds is 5. The largest absolute Gasteiger partial charge is 0.443 e. The second kappa shape index (κ2) is 8.96. The van der Waals surface area contributed by atoms with Crippen LogP contribution in [0.15, 0.2) is 72.1 Å². The first-order chi connectivity index (χ1) is 13.6. The standard InChI is InChI=1S/C21H18N2O4S/c1-22-21(26)23-19(24)17(15-10-6-3-7-11-15)27-20(25)18-16(12-13-28-18)14-8-4-2-5-9-14/h2-13,17H,1H3,(H2,22,23,24,26)/t17-/m1/s1. The minimum Gasteiger partial charge on any atom is -0.443 e. The van der Waals surface area contributed by atoms with Gasteiger partial charge in [0.15, 0.2) is 0 Å². The van der Waals surface area contributed by atoms with Gasteiger partial charge in [-0.25, -0.2) is 9.59 Å². The van der Waals surface area contributed by atoms with Gasteiger partial charge in [0.2, 0.25) is 6.10 Å². The van der Waals surface area contributed by atoms with Gasteiger partial charge in [0, 0.05) is 18.2 Å². The molecule has 3 aromatic rings. The third-order valence-electron chi connectivity index (χ3n) is 3.96. The fourth-order valence-electron chi connectivity index (χ4n) is 2.61. The SMILES string of the molecule is CNC(=O)NC(=O)[C@H](OC(=O)c1sccc1-c1ccccc1)c1ccccc1. The van der Waals surface area contributed by atoms with Crippen molar-refractivity contribution in [2.45, 2.75) is 6.10 Å². The summed E-state index contributed by atoms with van der Waals surface area (Å²) < 4.78 is 5.53. The first-order valence-electron chi connectivity index (χ1n) is 8.51. The van der Waals surface area contributed by atoms with Crippen molar-refractivity contribution in [1.82, 2.24) is 10.6 Å². The minimum atomic E-state index is -1.25. The molecule has 1 atom stereocenters. The summed E-state index contributed by atoms with van der Waals surface area (Å²) in [7, 11) is 1.39. The fraction of sp³-hybridized carbons (Fsp3) is 0.0952. The Labute approximate surface area is 166 Å². The van der Waals surface area contributed by atoms with Crippen LogP contribution in [-0.4, -0.2) is 25.0 Å². The van der Waals surface area contributed by atoms with Gasteiger partial charge in [-0.2, -0.15) is 0 Å². The molecule has 0 spiro atoms. The highest BCUT2D eigenvalue weighted by Gasteiger charge is 2.28. The zero-order valence-corrected chi connectivity index (χ0v) is 15.9. The Balaban J connectivity index is 1.87. The summed E-state index contributed by atoms with van der Waals surface area (Å²) in [6.07, 6.45) is -1.25. The maximum atomic E-state index is 12.9. The number of thiophene rings is 1. The molecule has 0 radical (unpaired) electrons. The van der Waals surface area contributed by atoms with Crippen LogP contribution in [0.5, 0.6) is 0 Å². The molecule has 28 heavy (non-hydrogen) atoms. The third-order valence-corrected chi connectivity index (χ3v) is 4.86. The van der Waals surface area contributed by atoms with E-state index in [1.54, 1.807) is 35.7 Å². The molecule has 1 heterocycles. The Morgan fingerprint density at radius 1 is 0.929 bits per heavy atom. The smallest absolute Gasteiger partial charge is 0.350 e.